The summed E-state index contributed by atoms with van der Waals surface area (Å²) in [6.07, 6.45) is -1.04. The predicted octanol–water partition coefficient (Wildman–Crippen LogP) is 3.58. The van der Waals surface area contributed by atoms with Gasteiger partial charge in [0.2, 0.25) is 0 Å². The van der Waals surface area contributed by atoms with Crippen LogP contribution in [0.3, 0.4) is 0 Å². The van der Waals surface area contributed by atoms with Crippen LogP contribution >= 0.6 is 38.5 Å². The van der Waals surface area contributed by atoms with Gasteiger partial charge in [0.05, 0.1) is 12.5 Å². The third-order valence-corrected chi connectivity index (χ3v) is 3.61. The summed E-state index contributed by atoms with van der Waals surface area (Å²) in [7, 11) is 0. The minimum atomic E-state index is -2.58. The number of hydrogen-bond acceptors (Lipinski definition) is 2. The zero-order chi connectivity index (χ0) is 11.4. The van der Waals surface area contributed by atoms with Crippen molar-refractivity contribution in [1.82, 2.24) is 4.98 Å². The normalized spacial score (nSPS) is 10.4. The molecule has 0 aliphatic carbocycles. The Balaban J connectivity index is 3.27. The molecule has 0 fully saturated rings. The second-order valence-electron chi connectivity index (χ2n) is 2.73. The van der Waals surface area contributed by atoms with Crippen LogP contribution in [0.5, 0.6) is 0 Å². The van der Waals surface area contributed by atoms with E-state index in [-0.39, 0.29) is 12.1 Å². The van der Waals surface area contributed by atoms with Crippen molar-refractivity contribution in [3.8, 4) is 6.07 Å². The van der Waals surface area contributed by atoms with Crippen molar-refractivity contribution in [2.45, 2.75) is 18.2 Å². The van der Waals surface area contributed by atoms with Crippen molar-refractivity contribution in [1.29, 1.82) is 5.26 Å². The maximum atomic E-state index is 12.5. The summed E-state index contributed by atoms with van der Waals surface area (Å²) in [5, 5.41) is 9.01. The first-order valence-corrected chi connectivity index (χ1v) is 6.19. The average molecular weight is 387 g/mol. The van der Waals surface area contributed by atoms with Crippen LogP contribution in [0.1, 0.15) is 23.2 Å². The largest absolute Gasteiger partial charge is 0.281 e. The fourth-order valence-corrected chi connectivity index (χ4v) is 3.19. The molecule has 0 aliphatic heterocycles. The third kappa shape index (κ3) is 2.84. The average Bonchev–Trinajstić information content (AvgIpc) is 2.18. The fraction of sp³-hybridized carbons (Fsp3) is 0.333. The summed E-state index contributed by atoms with van der Waals surface area (Å²) >= 11 is 5.07. The smallest absolute Gasteiger partial charge is 0.254 e. The first kappa shape index (κ1) is 12.8. The molecule has 0 atom stereocenters. The van der Waals surface area contributed by atoms with Gasteiger partial charge in [0.25, 0.3) is 6.43 Å². The Morgan fingerprint density at radius 3 is 2.73 bits per heavy atom. The van der Waals surface area contributed by atoms with E-state index in [0.717, 1.165) is 5.56 Å². The van der Waals surface area contributed by atoms with Crippen LogP contribution in [-0.4, -0.2) is 4.98 Å². The second-order valence-corrected chi connectivity index (χ2v) is 4.37. The first-order valence-electron chi connectivity index (χ1n) is 3.99. The molecule has 15 heavy (non-hydrogen) atoms. The Bertz CT molecular complexity index is 404. The zero-order valence-corrected chi connectivity index (χ0v) is 11.2. The molecule has 1 heterocycles. The van der Waals surface area contributed by atoms with Gasteiger partial charge < -0.3 is 0 Å². The number of hydrogen-bond donors (Lipinski definition) is 0. The number of pyridine rings is 1. The lowest BCUT2D eigenvalue weighted by Crippen LogP contribution is -2.03. The van der Waals surface area contributed by atoms with Crippen molar-refractivity contribution in [3.05, 3.63) is 26.6 Å². The van der Waals surface area contributed by atoms with Crippen LogP contribution in [-0.2, 0) is 11.8 Å². The number of nitriles is 1. The van der Waals surface area contributed by atoms with E-state index in [0.29, 0.717) is 14.5 Å². The topological polar surface area (TPSA) is 36.7 Å². The van der Waals surface area contributed by atoms with Crippen molar-refractivity contribution in [2.24, 2.45) is 0 Å². The Morgan fingerprint density at radius 1 is 1.60 bits per heavy atom. The van der Waals surface area contributed by atoms with Gasteiger partial charge in [0.15, 0.2) is 0 Å². The van der Waals surface area contributed by atoms with Gasteiger partial charge in [-0.3, -0.25) is 4.98 Å². The van der Waals surface area contributed by atoms with Gasteiger partial charge in [-0.25, -0.2) is 8.78 Å². The van der Waals surface area contributed by atoms with E-state index in [4.69, 9.17) is 5.26 Å². The molecule has 1 aromatic heterocycles. The standard InChI is InChI=1S/C9H6BrF2IN2/c10-3-6-5(1-2-14)4-15-8(7(6)13)9(11)12/h4,9H,1,3H2. The van der Waals surface area contributed by atoms with Crippen LogP contribution in [0, 0.1) is 14.9 Å². The van der Waals surface area contributed by atoms with E-state index in [1.165, 1.54) is 6.20 Å². The van der Waals surface area contributed by atoms with Gasteiger partial charge in [-0.2, -0.15) is 5.26 Å². The van der Waals surface area contributed by atoms with Crippen LogP contribution < -0.4 is 0 Å². The lowest BCUT2D eigenvalue weighted by Gasteiger charge is -2.10. The molecule has 0 amide bonds. The van der Waals surface area contributed by atoms with E-state index < -0.39 is 6.43 Å². The van der Waals surface area contributed by atoms with Crippen LogP contribution in [0.4, 0.5) is 8.78 Å². The van der Waals surface area contributed by atoms with Crippen molar-refractivity contribution in [2.75, 3.05) is 0 Å². The van der Waals surface area contributed by atoms with E-state index in [9.17, 15) is 8.78 Å². The molecule has 2 nitrogen and oxygen atoms in total. The van der Waals surface area contributed by atoms with Gasteiger partial charge >= 0.3 is 0 Å². The molecule has 1 rings (SSSR count). The predicted molar refractivity (Wildman–Crippen MR) is 63.9 cm³/mol. The van der Waals surface area contributed by atoms with Crippen molar-refractivity contribution >= 4 is 38.5 Å². The van der Waals surface area contributed by atoms with E-state index in [1.54, 1.807) is 0 Å². The molecule has 0 saturated heterocycles. The third-order valence-electron chi connectivity index (χ3n) is 1.85. The van der Waals surface area contributed by atoms with Crippen molar-refractivity contribution < 1.29 is 8.78 Å². The number of alkyl halides is 3. The molecule has 0 N–H and O–H groups in total. The van der Waals surface area contributed by atoms with E-state index >= 15 is 0 Å². The van der Waals surface area contributed by atoms with Gasteiger partial charge in [0, 0.05) is 15.1 Å². The highest BCUT2D eigenvalue weighted by Crippen LogP contribution is 2.28. The van der Waals surface area contributed by atoms with Gasteiger partial charge in [-0.05, 0) is 33.7 Å². The lowest BCUT2D eigenvalue weighted by atomic mass is 10.1. The molecular formula is C9H6BrF2IN2. The fourth-order valence-electron chi connectivity index (χ4n) is 1.11. The molecular weight excluding hydrogens is 381 g/mol. The molecule has 0 saturated carbocycles. The minimum Gasteiger partial charge on any atom is -0.254 e. The summed E-state index contributed by atoms with van der Waals surface area (Å²) < 4.78 is 25.5. The Hall–Kier alpha value is -0.290. The summed E-state index contributed by atoms with van der Waals surface area (Å²) in [6.45, 7) is 0. The molecule has 6 heteroatoms. The molecule has 0 aliphatic rings. The van der Waals surface area contributed by atoms with Gasteiger partial charge in [0.1, 0.15) is 5.69 Å². The first-order chi connectivity index (χ1) is 7.11. The molecule has 0 spiro atoms. The zero-order valence-electron chi connectivity index (χ0n) is 7.48. The number of nitrogens with zero attached hydrogens (tertiary/aromatic N) is 2. The van der Waals surface area contributed by atoms with Crippen LogP contribution in [0.15, 0.2) is 6.20 Å². The summed E-state index contributed by atoms with van der Waals surface area (Å²) in [5.74, 6) is 0. The van der Waals surface area contributed by atoms with E-state index in [2.05, 4.69) is 20.9 Å². The highest BCUT2D eigenvalue weighted by Gasteiger charge is 2.18. The van der Waals surface area contributed by atoms with E-state index in [1.807, 2.05) is 28.7 Å². The maximum Gasteiger partial charge on any atom is 0.281 e. The number of aromatic nitrogens is 1. The second kappa shape index (κ2) is 5.70. The molecule has 80 valence electrons. The molecule has 1 aromatic rings. The maximum absolute atomic E-state index is 12.5. The van der Waals surface area contributed by atoms with Crippen molar-refractivity contribution in [3.63, 3.8) is 0 Å². The summed E-state index contributed by atoms with van der Waals surface area (Å²) in [4.78, 5) is 3.68. The Kier molecular flexibility index (Phi) is 4.86. The molecule has 0 radical (unpaired) electrons. The quantitative estimate of drug-likeness (QED) is 0.588. The molecule has 0 aromatic carbocycles. The SMILES string of the molecule is N#CCc1cnc(C(F)F)c(I)c1CBr. The molecule has 0 bridgehead atoms. The van der Waals surface area contributed by atoms with Crippen LogP contribution in [0.25, 0.3) is 0 Å². The van der Waals surface area contributed by atoms with Gasteiger partial charge in [-0.1, -0.05) is 15.9 Å². The highest BCUT2D eigenvalue weighted by molar-refractivity contribution is 14.1. The molecule has 0 unspecified atom stereocenters. The number of rotatable bonds is 3. The Labute approximate surface area is 108 Å². The summed E-state index contributed by atoms with van der Waals surface area (Å²) in [6, 6.07) is 1.98. The highest BCUT2D eigenvalue weighted by atomic mass is 127. The monoisotopic (exact) mass is 386 g/mol. The van der Waals surface area contributed by atoms with Crippen LogP contribution in [0.2, 0.25) is 0 Å². The summed E-state index contributed by atoms with van der Waals surface area (Å²) in [5.41, 5.74) is 1.21. The van der Waals surface area contributed by atoms with Gasteiger partial charge in [-0.15, -0.1) is 0 Å². The Morgan fingerprint density at radius 2 is 2.27 bits per heavy atom. The minimum absolute atomic E-state index is 0.188. The lowest BCUT2D eigenvalue weighted by molar-refractivity contribution is 0.145. The number of halogens is 4.